The number of aromatic nitrogens is 2. The zero-order chi connectivity index (χ0) is 25.5. The first-order chi connectivity index (χ1) is 15.5. The third-order valence-corrected chi connectivity index (χ3v) is 11.7. The number of nitrogens with one attached hydrogen (secondary N) is 1. The zero-order valence-corrected chi connectivity index (χ0v) is 24.0. The highest BCUT2D eigenvalue weighted by molar-refractivity contribution is 6.74. The van der Waals surface area contributed by atoms with E-state index in [9.17, 15) is 0 Å². The molecule has 6 nitrogen and oxygen atoms in total. The van der Waals surface area contributed by atoms with Crippen molar-refractivity contribution in [1.82, 2.24) is 15.3 Å². The van der Waals surface area contributed by atoms with Crippen LogP contribution in [0.1, 0.15) is 61.3 Å². The number of rotatable bonds is 6. The van der Waals surface area contributed by atoms with E-state index in [4.69, 9.17) is 19.1 Å². The van der Waals surface area contributed by atoms with Crippen LogP contribution in [0, 0.1) is 0 Å². The maximum atomic E-state index is 6.46. The van der Waals surface area contributed by atoms with E-state index in [1.807, 2.05) is 30.6 Å². The van der Waals surface area contributed by atoms with Crippen molar-refractivity contribution in [1.29, 1.82) is 0 Å². The number of nitrogens with zero attached hydrogens (tertiary/aromatic N) is 3. The molecule has 3 rings (SSSR count). The van der Waals surface area contributed by atoms with Gasteiger partial charge in [-0.05, 0) is 70.8 Å². The van der Waals surface area contributed by atoms with Gasteiger partial charge in [-0.15, -0.1) is 0 Å². The molecule has 1 aliphatic rings. The first-order valence-corrected chi connectivity index (χ1v) is 15.2. The molecule has 188 valence electrons. The minimum absolute atomic E-state index is 0.0790. The number of ether oxygens (including phenoxy) is 1. The van der Waals surface area contributed by atoms with Crippen LogP contribution in [0.15, 0.2) is 30.6 Å². The normalized spacial score (nSPS) is 18.4. The lowest BCUT2D eigenvalue weighted by Crippen LogP contribution is -2.62. The molecule has 0 unspecified atom stereocenters. The summed E-state index contributed by atoms with van der Waals surface area (Å²) in [6, 6.07) is 6.40. The van der Waals surface area contributed by atoms with Crippen molar-refractivity contribution < 1.29 is 9.16 Å². The SMILES string of the molecule is COc1cc(O[Si](C)(C)C(C)(C)C)ccc1-c1cnc(N(C)C2CC(C)(C)NC(C)(C)C2)cn1. The van der Waals surface area contributed by atoms with E-state index in [0.717, 1.165) is 41.4 Å². The Labute approximate surface area is 207 Å². The van der Waals surface area contributed by atoms with E-state index in [1.54, 1.807) is 7.11 Å². The lowest BCUT2D eigenvalue weighted by atomic mass is 9.79. The standard InChI is InChI=1S/C27H44N4O2Si/c1-25(2,3)34(10,11)33-20-12-13-21(23(14-20)32-9)22-17-29-24(18-28-22)31(8)19-15-26(4,5)30-27(6,7)16-19/h12-14,17-19,30H,15-16H2,1-11H3. The van der Waals surface area contributed by atoms with Crippen molar-refractivity contribution in [2.75, 3.05) is 19.1 Å². The van der Waals surface area contributed by atoms with Crippen LogP contribution in [0.3, 0.4) is 0 Å². The molecule has 1 fully saturated rings. The largest absolute Gasteiger partial charge is 0.543 e. The summed E-state index contributed by atoms with van der Waals surface area (Å²) in [6.07, 6.45) is 5.83. The average molecular weight is 485 g/mol. The van der Waals surface area contributed by atoms with E-state index >= 15 is 0 Å². The molecular formula is C27H44N4O2Si. The van der Waals surface area contributed by atoms with Gasteiger partial charge in [0.05, 0.1) is 25.2 Å². The molecular weight excluding hydrogens is 440 g/mol. The highest BCUT2D eigenvalue weighted by atomic mass is 28.4. The molecule has 0 amide bonds. The van der Waals surface area contributed by atoms with Crippen LogP contribution in [0.4, 0.5) is 5.82 Å². The van der Waals surface area contributed by atoms with Crippen LogP contribution in [-0.4, -0.2) is 49.6 Å². The van der Waals surface area contributed by atoms with Gasteiger partial charge in [-0.3, -0.25) is 4.98 Å². The van der Waals surface area contributed by atoms with E-state index in [1.165, 1.54) is 0 Å². The summed E-state index contributed by atoms with van der Waals surface area (Å²) in [7, 11) is 1.88. The molecule has 1 saturated heterocycles. The Balaban J connectivity index is 1.81. The number of hydrogen-bond acceptors (Lipinski definition) is 6. The highest BCUT2D eigenvalue weighted by Crippen LogP contribution is 2.40. The molecule has 1 aliphatic heterocycles. The van der Waals surface area contributed by atoms with Crippen molar-refractivity contribution in [2.45, 2.75) is 96.6 Å². The summed E-state index contributed by atoms with van der Waals surface area (Å²) in [5.41, 5.74) is 1.86. The van der Waals surface area contributed by atoms with Gasteiger partial charge in [-0.25, -0.2) is 4.98 Å². The number of methoxy groups -OCH3 is 1. The summed E-state index contributed by atoms with van der Waals surface area (Å²) in [5, 5.41) is 3.88. The second-order valence-electron chi connectivity index (χ2n) is 12.6. The molecule has 0 aliphatic carbocycles. The van der Waals surface area contributed by atoms with Gasteiger partial charge >= 0.3 is 0 Å². The van der Waals surface area contributed by atoms with Crippen LogP contribution in [0.25, 0.3) is 11.3 Å². The topological polar surface area (TPSA) is 59.5 Å². The molecule has 2 heterocycles. The van der Waals surface area contributed by atoms with Crippen molar-refractivity contribution in [2.24, 2.45) is 0 Å². The van der Waals surface area contributed by atoms with Crippen molar-refractivity contribution in [3.8, 4) is 22.8 Å². The van der Waals surface area contributed by atoms with Crippen LogP contribution >= 0.6 is 0 Å². The van der Waals surface area contributed by atoms with Crippen molar-refractivity contribution >= 4 is 14.1 Å². The van der Waals surface area contributed by atoms with E-state index < -0.39 is 8.32 Å². The Morgan fingerprint density at radius 3 is 2.15 bits per heavy atom. The summed E-state index contributed by atoms with van der Waals surface area (Å²) in [6.45, 7) is 20.3. The number of hydrogen-bond donors (Lipinski definition) is 1. The van der Waals surface area contributed by atoms with E-state index in [0.29, 0.717) is 6.04 Å². The predicted octanol–water partition coefficient (Wildman–Crippen LogP) is 6.28. The summed E-state index contributed by atoms with van der Waals surface area (Å²) in [4.78, 5) is 11.8. The van der Waals surface area contributed by atoms with E-state index in [2.05, 4.69) is 78.8 Å². The predicted molar refractivity (Wildman–Crippen MR) is 145 cm³/mol. The molecule has 0 atom stereocenters. The monoisotopic (exact) mass is 484 g/mol. The zero-order valence-electron chi connectivity index (χ0n) is 23.0. The maximum Gasteiger partial charge on any atom is 0.250 e. The summed E-state index contributed by atoms with van der Waals surface area (Å²) in [5.74, 6) is 2.47. The number of benzene rings is 1. The highest BCUT2D eigenvalue weighted by Gasteiger charge is 2.40. The molecule has 0 radical (unpaired) electrons. The van der Waals surface area contributed by atoms with E-state index in [-0.39, 0.29) is 16.1 Å². The Kier molecular flexibility index (Phi) is 7.13. The fourth-order valence-electron chi connectivity index (χ4n) is 4.77. The maximum absolute atomic E-state index is 6.46. The summed E-state index contributed by atoms with van der Waals surface area (Å²) >= 11 is 0. The molecule has 2 aromatic rings. The van der Waals surface area contributed by atoms with Crippen molar-refractivity contribution in [3.05, 3.63) is 30.6 Å². The van der Waals surface area contributed by atoms with Crippen LogP contribution < -0.4 is 19.4 Å². The molecule has 1 aromatic heterocycles. The second-order valence-corrected chi connectivity index (χ2v) is 17.3. The smallest absolute Gasteiger partial charge is 0.250 e. The number of piperidine rings is 1. The molecule has 7 heteroatoms. The lowest BCUT2D eigenvalue weighted by Gasteiger charge is -2.49. The lowest BCUT2D eigenvalue weighted by molar-refractivity contribution is 0.160. The fourth-order valence-corrected chi connectivity index (χ4v) is 5.79. The average Bonchev–Trinajstić information content (AvgIpc) is 2.70. The Morgan fingerprint density at radius 1 is 1.03 bits per heavy atom. The van der Waals surface area contributed by atoms with Crippen molar-refractivity contribution in [3.63, 3.8) is 0 Å². The first-order valence-electron chi connectivity index (χ1n) is 12.3. The first kappa shape index (κ1) is 26.5. The van der Waals surface area contributed by atoms with Gasteiger partial charge in [-0.1, -0.05) is 20.8 Å². The molecule has 0 spiro atoms. The molecule has 0 saturated carbocycles. The van der Waals surface area contributed by atoms with Gasteiger partial charge in [0.1, 0.15) is 17.3 Å². The van der Waals surface area contributed by atoms with Gasteiger partial charge in [0.15, 0.2) is 0 Å². The molecule has 0 bridgehead atoms. The van der Waals surface area contributed by atoms with Gasteiger partial charge in [0.25, 0.3) is 0 Å². The number of anilines is 1. The Hall–Kier alpha value is -2.12. The summed E-state index contributed by atoms with van der Waals surface area (Å²) < 4.78 is 12.2. The van der Waals surface area contributed by atoms with Gasteiger partial charge in [0, 0.05) is 35.8 Å². The van der Waals surface area contributed by atoms with Gasteiger partial charge in [0.2, 0.25) is 8.32 Å². The van der Waals surface area contributed by atoms with Crippen LogP contribution in [0.2, 0.25) is 18.1 Å². The minimum Gasteiger partial charge on any atom is -0.543 e. The van der Waals surface area contributed by atoms with Gasteiger partial charge in [-0.2, -0.15) is 0 Å². The molecule has 1 aromatic carbocycles. The Bertz CT molecular complexity index is 981. The van der Waals surface area contributed by atoms with Crippen LogP contribution in [-0.2, 0) is 0 Å². The third kappa shape index (κ3) is 5.92. The van der Waals surface area contributed by atoms with Crippen LogP contribution in [0.5, 0.6) is 11.5 Å². The Morgan fingerprint density at radius 2 is 1.65 bits per heavy atom. The van der Waals surface area contributed by atoms with Gasteiger partial charge < -0.3 is 19.4 Å². The second kappa shape index (κ2) is 9.15. The fraction of sp³-hybridized carbons (Fsp3) is 0.630. The minimum atomic E-state index is -1.93. The molecule has 1 N–H and O–H groups in total. The third-order valence-electron chi connectivity index (χ3n) is 7.34. The quantitative estimate of drug-likeness (QED) is 0.487. The molecule has 34 heavy (non-hydrogen) atoms.